The molecule has 2 aromatic heterocycles. The number of thiazole rings is 1. The van der Waals surface area contributed by atoms with Crippen molar-refractivity contribution in [1.29, 1.82) is 0 Å². The molecule has 2 aromatic rings. The Morgan fingerprint density at radius 3 is 2.63 bits per heavy atom. The highest BCUT2D eigenvalue weighted by Gasteiger charge is 2.24. The zero-order chi connectivity index (χ0) is 14.0. The van der Waals surface area contributed by atoms with Crippen LogP contribution in [0.2, 0.25) is 0 Å². The van der Waals surface area contributed by atoms with E-state index in [9.17, 15) is 0 Å². The highest BCUT2D eigenvalue weighted by atomic mass is 32.1. The van der Waals surface area contributed by atoms with Gasteiger partial charge in [0.2, 0.25) is 0 Å². The number of nitrogens with one attached hydrogen (secondary N) is 1. The van der Waals surface area contributed by atoms with Gasteiger partial charge in [-0.3, -0.25) is 0 Å². The molecule has 0 amide bonds. The van der Waals surface area contributed by atoms with Crippen molar-refractivity contribution in [2.75, 3.05) is 6.54 Å². The minimum atomic E-state index is 0.0556. The van der Waals surface area contributed by atoms with E-state index in [1.54, 1.807) is 17.6 Å². The first kappa shape index (κ1) is 14.3. The van der Waals surface area contributed by atoms with Crippen LogP contribution in [0, 0.1) is 6.92 Å². The third-order valence-electron chi connectivity index (χ3n) is 3.00. The fraction of sp³-hybridized carbons (Fsp3) is 0.533. The van der Waals surface area contributed by atoms with Gasteiger partial charge in [0.15, 0.2) is 10.8 Å². The van der Waals surface area contributed by atoms with E-state index in [0.717, 1.165) is 29.4 Å². The summed E-state index contributed by atoms with van der Waals surface area (Å²) in [6.45, 7) is 12.6. The fourth-order valence-electron chi connectivity index (χ4n) is 1.99. The Hall–Kier alpha value is -1.13. The lowest BCUT2D eigenvalue weighted by atomic mass is 9.91. The molecular formula is C15H22N2OS. The molecule has 2 heterocycles. The normalized spacial score (nSPS) is 12.1. The number of rotatable bonds is 4. The zero-order valence-electron chi connectivity index (χ0n) is 12.3. The topological polar surface area (TPSA) is 38.1 Å². The molecule has 0 spiro atoms. The molecule has 1 N–H and O–H groups in total. The van der Waals surface area contributed by atoms with Crippen LogP contribution >= 0.6 is 11.3 Å². The number of nitrogens with zero attached hydrogens (tertiary/aromatic N) is 1. The van der Waals surface area contributed by atoms with Gasteiger partial charge in [-0.2, -0.15) is 0 Å². The molecule has 0 atom stereocenters. The van der Waals surface area contributed by atoms with Gasteiger partial charge in [-0.25, -0.2) is 4.98 Å². The Balaban J connectivity index is 2.43. The second-order valence-electron chi connectivity index (χ2n) is 5.75. The lowest BCUT2D eigenvalue weighted by Crippen LogP contribution is -2.18. The molecule has 3 nitrogen and oxygen atoms in total. The van der Waals surface area contributed by atoms with Gasteiger partial charge in [-0.15, -0.1) is 11.3 Å². The van der Waals surface area contributed by atoms with Gasteiger partial charge in [-0.05, 0) is 25.1 Å². The molecule has 104 valence electrons. The molecule has 0 saturated heterocycles. The molecule has 0 aliphatic heterocycles. The molecule has 4 heteroatoms. The molecule has 19 heavy (non-hydrogen) atoms. The van der Waals surface area contributed by atoms with Crippen LogP contribution in [0.4, 0.5) is 0 Å². The Labute approximate surface area is 119 Å². The summed E-state index contributed by atoms with van der Waals surface area (Å²) in [5.41, 5.74) is 2.37. The lowest BCUT2D eigenvalue weighted by Gasteiger charge is -2.17. The van der Waals surface area contributed by atoms with Crippen molar-refractivity contribution in [3.05, 3.63) is 28.5 Å². The smallest absolute Gasteiger partial charge is 0.165 e. The summed E-state index contributed by atoms with van der Waals surface area (Å²) < 4.78 is 5.56. The Bertz CT molecular complexity index is 549. The summed E-state index contributed by atoms with van der Waals surface area (Å²) in [6.07, 6.45) is 1.73. The predicted octanol–water partition coefficient (Wildman–Crippen LogP) is 4.12. The van der Waals surface area contributed by atoms with Gasteiger partial charge in [0.05, 0.1) is 12.0 Å². The molecule has 0 unspecified atom stereocenters. The van der Waals surface area contributed by atoms with E-state index < -0.39 is 0 Å². The Morgan fingerprint density at radius 1 is 1.37 bits per heavy atom. The van der Waals surface area contributed by atoms with Crippen LogP contribution in [0.3, 0.4) is 0 Å². The number of furan rings is 1. The minimum Gasteiger partial charge on any atom is -0.462 e. The molecule has 0 radical (unpaired) electrons. The van der Waals surface area contributed by atoms with E-state index in [1.165, 1.54) is 10.6 Å². The molecule has 0 aromatic carbocycles. The van der Waals surface area contributed by atoms with Crippen molar-refractivity contribution in [3.63, 3.8) is 0 Å². The second-order valence-corrected chi connectivity index (χ2v) is 6.84. The van der Waals surface area contributed by atoms with Gasteiger partial charge in [0.1, 0.15) is 0 Å². The van der Waals surface area contributed by atoms with Gasteiger partial charge in [0, 0.05) is 16.8 Å². The average Bonchev–Trinajstić information content (AvgIpc) is 2.91. The van der Waals surface area contributed by atoms with E-state index in [2.05, 4.69) is 39.9 Å². The average molecular weight is 278 g/mol. The van der Waals surface area contributed by atoms with E-state index >= 15 is 0 Å². The van der Waals surface area contributed by atoms with Gasteiger partial charge in [0.25, 0.3) is 0 Å². The summed E-state index contributed by atoms with van der Waals surface area (Å²) in [4.78, 5) is 6.13. The number of hydrogen-bond donors (Lipinski definition) is 1. The first-order chi connectivity index (χ1) is 8.93. The summed E-state index contributed by atoms with van der Waals surface area (Å²) in [5, 5.41) is 4.38. The van der Waals surface area contributed by atoms with Crippen molar-refractivity contribution in [3.8, 4) is 10.8 Å². The summed E-state index contributed by atoms with van der Waals surface area (Å²) in [7, 11) is 0. The van der Waals surface area contributed by atoms with Crippen LogP contribution in [0.15, 0.2) is 16.7 Å². The zero-order valence-corrected chi connectivity index (χ0v) is 13.1. The van der Waals surface area contributed by atoms with Crippen molar-refractivity contribution >= 4 is 11.3 Å². The number of hydrogen-bond acceptors (Lipinski definition) is 4. The molecule has 2 rings (SSSR count). The third-order valence-corrected chi connectivity index (χ3v) is 4.05. The number of aromatic nitrogens is 1. The highest BCUT2D eigenvalue weighted by Crippen LogP contribution is 2.35. The van der Waals surface area contributed by atoms with Crippen LogP contribution in [-0.2, 0) is 12.0 Å². The van der Waals surface area contributed by atoms with Crippen LogP contribution in [0.5, 0.6) is 0 Å². The standard InChI is InChI=1S/C15H22N2OS/c1-6-16-9-11-13(15(3,4)5)17-14(19-11)12-10(2)7-8-18-12/h7-8,16H,6,9H2,1-5H3. The van der Waals surface area contributed by atoms with Crippen molar-refractivity contribution in [1.82, 2.24) is 10.3 Å². The van der Waals surface area contributed by atoms with Crippen LogP contribution in [0.1, 0.15) is 43.8 Å². The van der Waals surface area contributed by atoms with E-state index in [1.807, 2.05) is 6.07 Å². The molecule has 0 saturated carbocycles. The Kier molecular flexibility index (Phi) is 4.11. The van der Waals surface area contributed by atoms with E-state index in [0.29, 0.717) is 0 Å². The van der Waals surface area contributed by atoms with Crippen molar-refractivity contribution in [2.45, 2.75) is 46.6 Å². The quantitative estimate of drug-likeness (QED) is 0.914. The first-order valence-corrected chi connectivity index (χ1v) is 7.50. The van der Waals surface area contributed by atoms with Crippen LogP contribution in [-0.4, -0.2) is 11.5 Å². The molecule has 0 fully saturated rings. The van der Waals surface area contributed by atoms with Crippen molar-refractivity contribution in [2.24, 2.45) is 0 Å². The summed E-state index contributed by atoms with van der Waals surface area (Å²) in [6, 6.07) is 1.98. The largest absolute Gasteiger partial charge is 0.462 e. The van der Waals surface area contributed by atoms with Gasteiger partial charge in [-0.1, -0.05) is 27.7 Å². The predicted molar refractivity (Wildman–Crippen MR) is 80.6 cm³/mol. The minimum absolute atomic E-state index is 0.0556. The van der Waals surface area contributed by atoms with E-state index in [4.69, 9.17) is 9.40 Å². The lowest BCUT2D eigenvalue weighted by molar-refractivity contribution is 0.557. The maximum absolute atomic E-state index is 5.56. The van der Waals surface area contributed by atoms with Crippen LogP contribution in [0.25, 0.3) is 10.8 Å². The van der Waals surface area contributed by atoms with E-state index in [-0.39, 0.29) is 5.41 Å². The fourth-order valence-corrected chi connectivity index (χ4v) is 3.28. The Morgan fingerprint density at radius 2 is 2.11 bits per heavy atom. The first-order valence-electron chi connectivity index (χ1n) is 6.69. The molecule has 0 aliphatic carbocycles. The molecule has 0 aliphatic rings. The summed E-state index contributed by atoms with van der Waals surface area (Å²) >= 11 is 1.73. The van der Waals surface area contributed by atoms with Gasteiger partial charge < -0.3 is 9.73 Å². The number of aryl methyl sites for hydroxylation is 1. The maximum Gasteiger partial charge on any atom is 0.165 e. The second kappa shape index (κ2) is 5.47. The SMILES string of the molecule is CCNCc1sc(-c2occc2C)nc1C(C)(C)C. The third kappa shape index (κ3) is 3.07. The highest BCUT2D eigenvalue weighted by molar-refractivity contribution is 7.15. The molecule has 0 bridgehead atoms. The van der Waals surface area contributed by atoms with Crippen molar-refractivity contribution < 1.29 is 4.42 Å². The summed E-state index contributed by atoms with van der Waals surface area (Å²) in [5.74, 6) is 0.901. The van der Waals surface area contributed by atoms with Crippen LogP contribution < -0.4 is 5.32 Å². The van der Waals surface area contributed by atoms with Gasteiger partial charge >= 0.3 is 0 Å². The monoisotopic (exact) mass is 278 g/mol. The molecular weight excluding hydrogens is 256 g/mol. The maximum atomic E-state index is 5.56.